The number of amides is 1. The maximum Gasteiger partial charge on any atom is 0.224 e. The molecule has 1 aliphatic heterocycles. The van der Waals surface area contributed by atoms with Gasteiger partial charge in [-0.2, -0.15) is 0 Å². The lowest BCUT2D eigenvalue weighted by molar-refractivity contribution is -0.125. The Kier molecular flexibility index (Phi) is 3.73. The molecule has 2 aliphatic rings. The van der Waals surface area contributed by atoms with Crippen molar-refractivity contribution < 1.29 is 13.2 Å². The predicted molar refractivity (Wildman–Crippen MR) is 65.1 cm³/mol. The van der Waals surface area contributed by atoms with E-state index in [1.165, 1.54) is 0 Å². The topological polar surface area (TPSA) is 89.3 Å². The molecule has 0 spiro atoms. The van der Waals surface area contributed by atoms with Crippen molar-refractivity contribution in [2.75, 3.05) is 12.3 Å². The maximum absolute atomic E-state index is 11.8. The molecule has 0 aromatic carbocycles. The van der Waals surface area contributed by atoms with E-state index in [2.05, 4.69) is 5.32 Å². The van der Waals surface area contributed by atoms with Crippen molar-refractivity contribution in [2.24, 2.45) is 11.7 Å². The van der Waals surface area contributed by atoms with Crippen molar-refractivity contribution in [3.63, 3.8) is 0 Å². The minimum atomic E-state index is -2.97. The Morgan fingerprint density at radius 1 is 1.24 bits per heavy atom. The molecule has 1 heterocycles. The van der Waals surface area contributed by atoms with Crippen LogP contribution in [0.5, 0.6) is 0 Å². The van der Waals surface area contributed by atoms with Crippen LogP contribution in [0.3, 0.4) is 0 Å². The van der Waals surface area contributed by atoms with Crippen LogP contribution in [0.4, 0.5) is 0 Å². The third-order valence-corrected chi connectivity index (χ3v) is 6.15. The zero-order valence-electron chi connectivity index (χ0n) is 9.89. The molecule has 1 saturated heterocycles. The number of carbonyl (C=O) groups excluding carboxylic acids is 1. The van der Waals surface area contributed by atoms with E-state index in [9.17, 15) is 13.2 Å². The van der Waals surface area contributed by atoms with E-state index in [4.69, 9.17) is 5.73 Å². The van der Waals surface area contributed by atoms with Crippen LogP contribution >= 0.6 is 0 Å². The van der Waals surface area contributed by atoms with Gasteiger partial charge in [0.15, 0.2) is 9.84 Å². The van der Waals surface area contributed by atoms with E-state index in [1.54, 1.807) is 0 Å². The van der Waals surface area contributed by atoms with Gasteiger partial charge < -0.3 is 11.1 Å². The lowest BCUT2D eigenvalue weighted by Gasteiger charge is -2.17. The van der Waals surface area contributed by atoms with Crippen LogP contribution in [0.25, 0.3) is 0 Å². The van der Waals surface area contributed by atoms with Crippen LogP contribution in [-0.4, -0.2) is 37.9 Å². The van der Waals surface area contributed by atoms with E-state index in [-0.39, 0.29) is 35.4 Å². The Balaban J connectivity index is 1.84. The van der Waals surface area contributed by atoms with Gasteiger partial charge in [0.1, 0.15) is 0 Å². The van der Waals surface area contributed by atoms with Crippen LogP contribution in [0.1, 0.15) is 32.1 Å². The van der Waals surface area contributed by atoms with E-state index in [0.717, 1.165) is 19.3 Å². The molecule has 2 fully saturated rings. The van der Waals surface area contributed by atoms with Gasteiger partial charge in [-0.25, -0.2) is 8.42 Å². The average molecular weight is 260 g/mol. The number of carbonyl (C=O) groups is 1. The Morgan fingerprint density at radius 3 is 2.53 bits per heavy atom. The zero-order valence-corrected chi connectivity index (χ0v) is 10.7. The van der Waals surface area contributed by atoms with Gasteiger partial charge in [0.25, 0.3) is 0 Å². The Bertz CT molecular complexity index is 394. The highest BCUT2D eigenvalue weighted by atomic mass is 32.2. The molecule has 1 saturated carbocycles. The molecule has 2 rings (SSSR count). The Morgan fingerprint density at radius 2 is 2.00 bits per heavy atom. The first-order valence-electron chi connectivity index (χ1n) is 6.25. The molecule has 3 unspecified atom stereocenters. The summed E-state index contributed by atoms with van der Waals surface area (Å²) in [7, 11) is -2.97. The highest BCUT2D eigenvalue weighted by Crippen LogP contribution is 2.24. The molecule has 3 atom stereocenters. The maximum atomic E-state index is 11.8. The molecule has 1 aliphatic carbocycles. The molecule has 0 aromatic heterocycles. The summed E-state index contributed by atoms with van der Waals surface area (Å²) in [5, 5.41) is 2.37. The lowest BCUT2D eigenvalue weighted by Crippen LogP contribution is -2.42. The lowest BCUT2D eigenvalue weighted by atomic mass is 10.0. The van der Waals surface area contributed by atoms with Crippen LogP contribution in [-0.2, 0) is 14.6 Å². The van der Waals surface area contributed by atoms with Crippen molar-refractivity contribution >= 4 is 15.7 Å². The second kappa shape index (κ2) is 4.94. The van der Waals surface area contributed by atoms with Gasteiger partial charge in [-0.05, 0) is 25.7 Å². The van der Waals surface area contributed by atoms with Crippen molar-refractivity contribution in [3.05, 3.63) is 0 Å². The van der Waals surface area contributed by atoms with Gasteiger partial charge in [0.05, 0.1) is 16.9 Å². The fourth-order valence-electron chi connectivity index (χ4n) is 2.75. The summed E-state index contributed by atoms with van der Waals surface area (Å²) in [5.41, 5.74) is 5.84. The van der Waals surface area contributed by atoms with E-state index >= 15 is 0 Å². The summed E-state index contributed by atoms with van der Waals surface area (Å²) in [6.07, 6.45) is 4.08. The minimum Gasteiger partial charge on any atom is -0.355 e. The van der Waals surface area contributed by atoms with Gasteiger partial charge in [-0.1, -0.05) is 6.42 Å². The number of nitrogens with two attached hydrogens (primary N) is 1. The number of hydrogen-bond donors (Lipinski definition) is 2. The summed E-state index contributed by atoms with van der Waals surface area (Å²) < 4.78 is 23.2. The average Bonchev–Trinajstić information content (AvgIpc) is 2.81. The largest absolute Gasteiger partial charge is 0.355 e. The van der Waals surface area contributed by atoms with Crippen LogP contribution in [0.15, 0.2) is 0 Å². The van der Waals surface area contributed by atoms with Crippen LogP contribution < -0.4 is 11.1 Å². The molecule has 0 bridgehead atoms. The normalized spacial score (nSPS) is 35.9. The van der Waals surface area contributed by atoms with Crippen LogP contribution in [0.2, 0.25) is 0 Å². The molecule has 5 nitrogen and oxygen atoms in total. The number of rotatable bonds is 3. The number of sulfone groups is 1. The molecule has 1 amide bonds. The highest BCUT2D eigenvalue weighted by Gasteiger charge is 2.34. The number of nitrogens with one attached hydrogen (secondary N) is 1. The van der Waals surface area contributed by atoms with Gasteiger partial charge in [-0.15, -0.1) is 0 Å². The van der Waals surface area contributed by atoms with Gasteiger partial charge in [0, 0.05) is 12.6 Å². The fraction of sp³-hybridized carbons (Fsp3) is 0.909. The number of hydrogen-bond acceptors (Lipinski definition) is 4. The summed E-state index contributed by atoms with van der Waals surface area (Å²) >= 11 is 0. The Hall–Kier alpha value is -0.620. The van der Waals surface area contributed by atoms with Crippen molar-refractivity contribution in [1.82, 2.24) is 5.32 Å². The molecule has 98 valence electrons. The predicted octanol–water partition coefficient (Wildman–Crippen LogP) is -0.193. The second-order valence-electron chi connectivity index (χ2n) is 5.08. The summed E-state index contributed by atoms with van der Waals surface area (Å²) in [6.45, 7) is 0.254. The monoisotopic (exact) mass is 260 g/mol. The molecule has 17 heavy (non-hydrogen) atoms. The third-order valence-electron chi connectivity index (χ3n) is 3.87. The molecule has 6 heteroatoms. The SMILES string of the molecule is NC1CCCC1C(=O)NCC1CCCS1(=O)=O. The smallest absolute Gasteiger partial charge is 0.224 e. The quantitative estimate of drug-likeness (QED) is 0.736. The first kappa shape index (κ1) is 12.8. The van der Waals surface area contributed by atoms with Crippen LogP contribution in [0, 0.1) is 5.92 Å². The van der Waals surface area contributed by atoms with Gasteiger partial charge in [0.2, 0.25) is 5.91 Å². The zero-order chi connectivity index (χ0) is 12.5. The van der Waals surface area contributed by atoms with E-state index < -0.39 is 9.84 Å². The summed E-state index contributed by atoms with van der Waals surface area (Å²) in [4.78, 5) is 11.8. The first-order valence-corrected chi connectivity index (χ1v) is 7.97. The van der Waals surface area contributed by atoms with E-state index in [0.29, 0.717) is 12.8 Å². The summed E-state index contributed by atoms with van der Waals surface area (Å²) in [6, 6.07) is -0.0600. The van der Waals surface area contributed by atoms with E-state index in [1.807, 2.05) is 0 Å². The Labute approximate surface area is 102 Å². The fourth-order valence-corrected chi connectivity index (χ4v) is 4.51. The van der Waals surface area contributed by atoms with Crippen molar-refractivity contribution in [1.29, 1.82) is 0 Å². The third kappa shape index (κ3) is 2.80. The molecule has 3 N–H and O–H groups in total. The van der Waals surface area contributed by atoms with Gasteiger partial charge >= 0.3 is 0 Å². The standard InChI is InChI=1S/C11H20N2O3S/c12-10-5-1-4-9(10)11(14)13-7-8-3-2-6-17(8,15)16/h8-10H,1-7,12H2,(H,13,14). The van der Waals surface area contributed by atoms with Crippen molar-refractivity contribution in [2.45, 2.75) is 43.4 Å². The van der Waals surface area contributed by atoms with Gasteiger partial charge in [-0.3, -0.25) is 4.79 Å². The molecule has 0 radical (unpaired) electrons. The molecular weight excluding hydrogens is 240 g/mol. The minimum absolute atomic E-state index is 0.0600. The summed E-state index contributed by atoms with van der Waals surface area (Å²) in [5.74, 6) is 0.0624. The second-order valence-corrected chi connectivity index (χ2v) is 7.48. The molecular formula is C11H20N2O3S. The highest BCUT2D eigenvalue weighted by molar-refractivity contribution is 7.92. The molecule has 0 aromatic rings. The van der Waals surface area contributed by atoms with Crippen molar-refractivity contribution in [3.8, 4) is 0 Å². The first-order chi connectivity index (χ1) is 8.00.